The number of aromatic nitrogens is 2. The Kier molecular flexibility index (Phi) is 6.71. The van der Waals surface area contributed by atoms with Gasteiger partial charge in [-0.05, 0) is 26.2 Å². The first-order valence-corrected chi connectivity index (χ1v) is 7.65. The lowest BCUT2D eigenvalue weighted by molar-refractivity contribution is 0.0456. The highest BCUT2D eigenvalue weighted by molar-refractivity contribution is 5.47. The van der Waals surface area contributed by atoms with E-state index in [2.05, 4.69) is 27.5 Å². The summed E-state index contributed by atoms with van der Waals surface area (Å²) < 4.78 is 0. The van der Waals surface area contributed by atoms with Gasteiger partial charge in [-0.3, -0.25) is 0 Å². The van der Waals surface area contributed by atoms with E-state index in [4.69, 9.17) is 0 Å². The maximum Gasteiger partial charge on any atom is 0.133 e. The molecule has 0 unspecified atom stereocenters. The van der Waals surface area contributed by atoms with Crippen molar-refractivity contribution in [2.75, 3.05) is 23.7 Å². The van der Waals surface area contributed by atoms with Crippen LogP contribution in [0.2, 0.25) is 0 Å². The summed E-state index contributed by atoms with van der Waals surface area (Å²) in [4.78, 5) is 8.98. The van der Waals surface area contributed by atoms with Crippen molar-refractivity contribution >= 4 is 11.6 Å². The molecule has 0 amide bonds. The molecule has 1 rings (SSSR count). The molecule has 0 radical (unpaired) electrons. The van der Waals surface area contributed by atoms with Gasteiger partial charge in [-0.2, -0.15) is 0 Å². The molecule has 0 aliphatic carbocycles. The molecule has 0 spiro atoms. The van der Waals surface area contributed by atoms with E-state index in [1.807, 2.05) is 26.8 Å². The molecular formula is C15H28N4O. The molecule has 114 valence electrons. The van der Waals surface area contributed by atoms with Gasteiger partial charge in [-0.15, -0.1) is 0 Å². The topological polar surface area (TPSA) is 70.1 Å². The molecule has 0 aliphatic heterocycles. The van der Waals surface area contributed by atoms with Gasteiger partial charge in [0.25, 0.3) is 0 Å². The first-order valence-electron chi connectivity index (χ1n) is 7.65. The molecule has 0 aliphatic rings. The van der Waals surface area contributed by atoms with Gasteiger partial charge >= 0.3 is 0 Å². The summed E-state index contributed by atoms with van der Waals surface area (Å²) in [6, 6.07) is 1.90. The monoisotopic (exact) mass is 280 g/mol. The van der Waals surface area contributed by atoms with E-state index < -0.39 is 5.60 Å². The van der Waals surface area contributed by atoms with Crippen molar-refractivity contribution < 1.29 is 5.11 Å². The molecule has 0 saturated heterocycles. The minimum absolute atomic E-state index is 0.508. The van der Waals surface area contributed by atoms with E-state index in [1.165, 1.54) is 0 Å². The molecule has 0 fully saturated rings. The van der Waals surface area contributed by atoms with Gasteiger partial charge in [0.05, 0.1) is 5.60 Å². The smallest absolute Gasteiger partial charge is 0.133 e. The molecular weight excluding hydrogens is 252 g/mol. The lowest BCUT2D eigenvalue weighted by atomic mass is 9.98. The predicted molar refractivity (Wildman–Crippen MR) is 84.2 cm³/mol. The fourth-order valence-corrected chi connectivity index (χ4v) is 1.95. The fraction of sp³-hybridized carbons (Fsp3) is 0.733. The summed E-state index contributed by atoms with van der Waals surface area (Å²) in [6.45, 7) is 9.49. The number of aliphatic hydroxyl groups is 1. The van der Waals surface area contributed by atoms with E-state index in [0.717, 1.165) is 49.7 Å². The molecule has 0 bridgehead atoms. The molecule has 5 nitrogen and oxygen atoms in total. The SMILES string of the molecule is CCCc1nc(NCC)cc(NCC(O)(CC)CC)n1. The molecule has 0 saturated carbocycles. The Bertz CT molecular complexity index is 381. The fourth-order valence-electron chi connectivity index (χ4n) is 1.95. The highest BCUT2D eigenvalue weighted by Gasteiger charge is 2.21. The van der Waals surface area contributed by atoms with Crippen molar-refractivity contribution in [2.45, 2.75) is 59.0 Å². The third kappa shape index (κ3) is 4.96. The number of aryl methyl sites for hydroxylation is 1. The Morgan fingerprint density at radius 1 is 1.05 bits per heavy atom. The predicted octanol–water partition coefficient (Wildman–Crippen LogP) is 2.82. The number of nitrogens with one attached hydrogen (secondary N) is 2. The van der Waals surface area contributed by atoms with Crippen molar-refractivity contribution in [2.24, 2.45) is 0 Å². The van der Waals surface area contributed by atoms with E-state index in [-0.39, 0.29) is 0 Å². The molecule has 3 N–H and O–H groups in total. The van der Waals surface area contributed by atoms with E-state index >= 15 is 0 Å². The van der Waals surface area contributed by atoms with Crippen LogP contribution in [0.5, 0.6) is 0 Å². The van der Waals surface area contributed by atoms with Crippen molar-refractivity contribution in [3.8, 4) is 0 Å². The first kappa shape index (κ1) is 16.7. The number of hydrogen-bond acceptors (Lipinski definition) is 5. The van der Waals surface area contributed by atoms with E-state index in [9.17, 15) is 5.11 Å². The van der Waals surface area contributed by atoms with Gasteiger partial charge in [0.1, 0.15) is 17.5 Å². The zero-order chi connectivity index (χ0) is 15.0. The average molecular weight is 280 g/mol. The molecule has 20 heavy (non-hydrogen) atoms. The maximum absolute atomic E-state index is 10.3. The van der Waals surface area contributed by atoms with Crippen LogP contribution in [0.4, 0.5) is 11.6 Å². The van der Waals surface area contributed by atoms with Crippen LogP contribution in [-0.4, -0.2) is 33.8 Å². The lowest BCUT2D eigenvalue weighted by Gasteiger charge is -2.25. The average Bonchev–Trinajstić information content (AvgIpc) is 2.45. The molecule has 0 aromatic carbocycles. The summed E-state index contributed by atoms with van der Waals surface area (Å²) in [5, 5.41) is 16.8. The summed E-state index contributed by atoms with van der Waals surface area (Å²) in [5.41, 5.74) is -0.672. The highest BCUT2D eigenvalue weighted by Crippen LogP contribution is 2.17. The van der Waals surface area contributed by atoms with Crippen molar-refractivity contribution in [1.82, 2.24) is 9.97 Å². The Labute approximate surface area is 122 Å². The molecule has 1 aromatic heterocycles. The largest absolute Gasteiger partial charge is 0.388 e. The molecule has 1 heterocycles. The van der Waals surface area contributed by atoms with Crippen LogP contribution in [0.3, 0.4) is 0 Å². The van der Waals surface area contributed by atoms with Crippen molar-refractivity contribution in [3.05, 3.63) is 11.9 Å². The van der Waals surface area contributed by atoms with Crippen molar-refractivity contribution in [3.63, 3.8) is 0 Å². The van der Waals surface area contributed by atoms with Crippen LogP contribution in [0, 0.1) is 0 Å². The van der Waals surface area contributed by atoms with Gasteiger partial charge < -0.3 is 15.7 Å². The third-order valence-electron chi connectivity index (χ3n) is 3.52. The highest BCUT2D eigenvalue weighted by atomic mass is 16.3. The third-order valence-corrected chi connectivity index (χ3v) is 3.52. The van der Waals surface area contributed by atoms with Crippen LogP contribution < -0.4 is 10.6 Å². The second kappa shape index (κ2) is 8.04. The van der Waals surface area contributed by atoms with Gasteiger partial charge in [0, 0.05) is 25.6 Å². The van der Waals surface area contributed by atoms with Crippen molar-refractivity contribution in [1.29, 1.82) is 0 Å². The van der Waals surface area contributed by atoms with Crippen LogP contribution in [0.1, 0.15) is 52.8 Å². The zero-order valence-electron chi connectivity index (χ0n) is 13.2. The number of hydrogen-bond donors (Lipinski definition) is 3. The Hall–Kier alpha value is -1.36. The van der Waals surface area contributed by atoms with E-state index in [0.29, 0.717) is 6.54 Å². The van der Waals surface area contributed by atoms with Crippen LogP contribution >= 0.6 is 0 Å². The number of nitrogens with zero attached hydrogens (tertiary/aromatic N) is 2. The van der Waals surface area contributed by atoms with Gasteiger partial charge in [0.15, 0.2) is 0 Å². The number of anilines is 2. The standard InChI is InChI=1S/C15H28N4O/c1-5-9-12-18-13(16-8-4)10-14(19-12)17-11-15(20,6-2)7-3/h10,20H,5-9,11H2,1-4H3,(H2,16,17,18,19). The van der Waals surface area contributed by atoms with Gasteiger partial charge in [0.2, 0.25) is 0 Å². The normalized spacial score (nSPS) is 11.4. The van der Waals surface area contributed by atoms with E-state index in [1.54, 1.807) is 0 Å². The Balaban J connectivity index is 2.82. The second-order valence-corrected chi connectivity index (χ2v) is 5.12. The molecule has 1 aromatic rings. The summed E-state index contributed by atoms with van der Waals surface area (Å²) >= 11 is 0. The maximum atomic E-state index is 10.3. The lowest BCUT2D eigenvalue weighted by Crippen LogP contribution is -2.35. The van der Waals surface area contributed by atoms with Crippen LogP contribution in [-0.2, 0) is 6.42 Å². The summed E-state index contributed by atoms with van der Waals surface area (Å²) in [6.07, 6.45) is 3.33. The summed E-state index contributed by atoms with van der Waals surface area (Å²) in [7, 11) is 0. The van der Waals surface area contributed by atoms with Gasteiger partial charge in [-0.25, -0.2) is 9.97 Å². The zero-order valence-corrected chi connectivity index (χ0v) is 13.2. The minimum atomic E-state index is -0.672. The summed E-state index contributed by atoms with van der Waals surface area (Å²) in [5.74, 6) is 2.45. The van der Waals surface area contributed by atoms with Crippen LogP contribution in [0.25, 0.3) is 0 Å². The Morgan fingerprint density at radius 3 is 2.15 bits per heavy atom. The van der Waals surface area contributed by atoms with Gasteiger partial charge in [-0.1, -0.05) is 20.8 Å². The minimum Gasteiger partial charge on any atom is -0.388 e. The second-order valence-electron chi connectivity index (χ2n) is 5.12. The first-order chi connectivity index (χ1) is 9.56. The number of rotatable bonds is 9. The quantitative estimate of drug-likeness (QED) is 0.649. The molecule has 0 atom stereocenters. The Morgan fingerprint density at radius 2 is 1.65 bits per heavy atom. The molecule has 5 heteroatoms. The van der Waals surface area contributed by atoms with Crippen LogP contribution in [0.15, 0.2) is 6.07 Å².